The van der Waals surface area contributed by atoms with Gasteiger partial charge in [0.25, 0.3) is 5.91 Å². The van der Waals surface area contributed by atoms with E-state index in [2.05, 4.69) is 20.6 Å². The number of carbonyl (C=O) groups excluding carboxylic acids is 1. The summed E-state index contributed by atoms with van der Waals surface area (Å²) >= 11 is 0. The first kappa shape index (κ1) is 16.4. The number of nitrogens with zero attached hydrogens (tertiary/aromatic N) is 2. The van der Waals surface area contributed by atoms with E-state index in [1.54, 1.807) is 6.07 Å². The number of amides is 1. The first-order valence-electron chi connectivity index (χ1n) is 8.31. The number of hydrogen-bond donors (Lipinski definition) is 2. The first-order chi connectivity index (χ1) is 11.8. The van der Waals surface area contributed by atoms with Crippen molar-refractivity contribution in [3.05, 3.63) is 54.0 Å². The predicted octanol–water partition coefficient (Wildman–Crippen LogP) is 2.04. The minimum Gasteiger partial charge on any atom is -0.376 e. The number of rotatable bonds is 7. The van der Waals surface area contributed by atoms with Gasteiger partial charge in [-0.1, -0.05) is 30.3 Å². The van der Waals surface area contributed by atoms with E-state index in [0.717, 1.165) is 25.9 Å². The van der Waals surface area contributed by atoms with Crippen molar-refractivity contribution >= 4 is 11.7 Å². The van der Waals surface area contributed by atoms with Gasteiger partial charge >= 0.3 is 0 Å². The average Bonchev–Trinajstić information content (AvgIpc) is 3.15. The minimum absolute atomic E-state index is 0.187. The van der Waals surface area contributed by atoms with Gasteiger partial charge in [-0.05, 0) is 24.8 Å². The van der Waals surface area contributed by atoms with E-state index >= 15 is 0 Å². The molecule has 1 amide bonds. The topological polar surface area (TPSA) is 76.1 Å². The quantitative estimate of drug-likeness (QED) is 0.814. The second kappa shape index (κ2) is 8.40. The van der Waals surface area contributed by atoms with Crippen LogP contribution in [0.15, 0.2) is 42.7 Å². The Morgan fingerprint density at radius 3 is 2.92 bits per heavy atom. The number of carbonyl (C=O) groups is 1. The largest absolute Gasteiger partial charge is 0.376 e. The van der Waals surface area contributed by atoms with Gasteiger partial charge in [0.15, 0.2) is 0 Å². The van der Waals surface area contributed by atoms with E-state index in [4.69, 9.17) is 4.74 Å². The molecule has 3 rings (SSSR count). The van der Waals surface area contributed by atoms with Crippen molar-refractivity contribution in [2.45, 2.75) is 25.4 Å². The van der Waals surface area contributed by atoms with E-state index in [0.29, 0.717) is 24.6 Å². The van der Waals surface area contributed by atoms with Crippen molar-refractivity contribution in [2.75, 3.05) is 25.0 Å². The molecule has 2 aromatic rings. The lowest BCUT2D eigenvalue weighted by Crippen LogP contribution is -2.27. The van der Waals surface area contributed by atoms with Gasteiger partial charge in [0.1, 0.15) is 17.8 Å². The van der Waals surface area contributed by atoms with Crippen LogP contribution in [0.25, 0.3) is 0 Å². The fourth-order valence-corrected chi connectivity index (χ4v) is 2.66. The SMILES string of the molecule is O=C(NCCc1ccccc1)c1cc(NCC2CCCO2)ncn1. The van der Waals surface area contributed by atoms with Gasteiger partial charge in [0.05, 0.1) is 6.10 Å². The number of ether oxygens (including phenoxy) is 1. The third-order valence-electron chi connectivity index (χ3n) is 3.98. The summed E-state index contributed by atoms with van der Waals surface area (Å²) in [6.07, 6.45) is 4.59. The lowest BCUT2D eigenvalue weighted by atomic mass is 10.1. The summed E-state index contributed by atoms with van der Waals surface area (Å²) in [4.78, 5) is 20.4. The Hall–Kier alpha value is -2.47. The maximum absolute atomic E-state index is 12.2. The van der Waals surface area contributed by atoms with Gasteiger partial charge in [0, 0.05) is 25.8 Å². The fourth-order valence-electron chi connectivity index (χ4n) is 2.66. The molecule has 1 aliphatic heterocycles. The number of benzene rings is 1. The van der Waals surface area contributed by atoms with Crippen LogP contribution in [0.4, 0.5) is 5.82 Å². The molecule has 0 radical (unpaired) electrons. The van der Waals surface area contributed by atoms with Crippen LogP contribution in [0.1, 0.15) is 28.9 Å². The zero-order valence-corrected chi connectivity index (χ0v) is 13.6. The van der Waals surface area contributed by atoms with Crippen molar-refractivity contribution in [3.8, 4) is 0 Å². The highest BCUT2D eigenvalue weighted by Gasteiger charge is 2.15. The van der Waals surface area contributed by atoms with Crippen LogP contribution in [0.3, 0.4) is 0 Å². The fraction of sp³-hybridized carbons (Fsp3) is 0.389. The van der Waals surface area contributed by atoms with Gasteiger partial charge in [-0.3, -0.25) is 4.79 Å². The van der Waals surface area contributed by atoms with Crippen molar-refractivity contribution in [1.29, 1.82) is 0 Å². The molecule has 1 aromatic carbocycles. The highest BCUT2D eigenvalue weighted by atomic mass is 16.5. The predicted molar refractivity (Wildman–Crippen MR) is 92.0 cm³/mol. The van der Waals surface area contributed by atoms with Crippen LogP contribution in [0.2, 0.25) is 0 Å². The zero-order valence-electron chi connectivity index (χ0n) is 13.6. The Labute approximate surface area is 141 Å². The summed E-state index contributed by atoms with van der Waals surface area (Å²) in [7, 11) is 0. The second-order valence-electron chi connectivity index (χ2n) is 5.80. The Morgan fingerprint density at radius 2 is 2.12 bits per heavy atom. The van der Waals surface area contributed by atoms with Crippen LogP contribution in [0, 0.1) is 0 Å². The average molecular weight is 326 g/mol. The molecule has 24 heavy (non-hydrogen) atoms. The van der Waals surface area contributed by atoms with Gasteiger partial charge in [-0.2, -0.15) is 0 Å². The Kier molecular flexibility index (Phi) is 5.74. The molecule has 2 heterocycles. The maximum atomic E-state index is 12.2. The summed E-state index contributed by atoms with van der Waals surface area (Å²) in [6, 6.07) is 11.7. The van der Waals surface area contributed by atoms with Gasteiger partial charge in [0.2, 0.25) is 0 Å². The Morgan fingerprint density at radius 1 is 1.25 bits per heavy atom. The van der Waals surface area contributed by atoms with E-state index < -0.39 is 0 Å². The van der Waals surface area contributed by atoms with Crippen molar-refractivity contribution < 1.29 is 9.53 Å². The molecule has 1 fully saturated rings. The van der Waals surface area contributed by atoms with Gasteiger partial charge < -0.3 is 15.4 Å². The number of aromatic nitrogens is 2. The van der Waals surface area contributed by atoms with Gasteiger partial charge in [-0.15, -0.1) is 0 Å². The number of hydrogen-bond acceptors (Lipinski definition) is 5. The highest BCUT2D eigenvalue weighted by Crippen LogP contribution is 2.13. The molecule has 1 unspecified atom stereocenters. The summed E-state index contributed by atoms with van der Waals surface area (Å²) in [5.41, 5.74) is 1.56. The Balaban J connectivity index is 1.48. The van der Waals surface area contributed by atoms with Crippen LogP contribution in [0.5, 0.6) is 0 Å². The molecule has 2 N–H and O–H groups in total. The molecule has 0 spiro atoms. The molecule has 126 valence electrons. The third kappa shape index (κ3) is 4.76. The standard InChI is InChI=1S/C18H22N4O2/c23-18(19-9-8-14-5-2-1-3-6-14)16-11-17(22-13-21-16)20-12-15-7-4-10-24-15/h1-3,5-6,11,13,15H,4,7-10,12H2,(H,19,23)(H,20,21,22). The zero-order chi connectivity index (χ0) is 16.6. The van der Waals surface area contributed by atoms with Gasteiger partial charge in [-0.25, -0.2) is 9.97 Å². The van der Waals surface area contributed by atoms with E-state index in [1.165, 1.54) is 11.9 Å². The number of anilines is 1. The van der Waals surface area contributed by atoms with Crippen LogP contribution in [-0.4, -0.2) is 41.7 Å². The first-order valence-corrected chi connectivity index (χ1v) is 8.31. The lowest BCUT2D eigenvalue weighted by molar-refractivity contribution is 0.0949. The summed E-state index contributed by atoms with van der Waals surface area (Å²) in [5.74, 6) is 0.460. The molecule has 1 atom stereocenters. The van der Waals surface area contributed by atoms with E-state index in [-0.39, 0.29) is 12.0 Å². The molecule has 1 saturated heterocycles. The highest BCUT2D eigenvalue weighted by molar-refractivity contribution is 5.92. The second-order valence-corrected chi connectivity index (χ2v) is 5.80. The summed E-state index contributed by atoms with van der Waals surface area (Å²) in [5, 5.41) is 6.10. The van der Waals surface area contributed by atoms with Crippen LogP contribution >= 0.6 is 0 Å². The van der Waals surface area contributed by atoms with Crippen LogP contribution in [-0.2, 0) is 11.2 Å². The normalized spacial score (nSPS) is 16.8. The molecule has 0 bridgehead atoms. The van der Waals surface area contributed by atoms with Crippen molar-refractivity contribution in [3.63, 3.8) is 0 Å². The summed E-state index contributed by atoms with van der Waals surface area (Å²) in [6.45, 7) is 2.10. The third-order valence-corrected chi connectivity index (χ3v) is 3.98. The maximum Gasteiger partial charge on any atom is 0.270 e. The molecule has 1 aliphatic rings. The van der Waals surface area contributed by atoms with E-state index in [9.17, 15) is 4.79 Å². The monoisotopic (exact) mass is 326 g/mol. The smallest absolute Gasteiger partial charge is 0.270 e. The molecule has 0 aliphatic carbocycles. The summed E-state index contributed by atoms with van der Waals surface area (Å²) < 4.78 is 5.56. The van der Waals surface area contributed by atoms with E-state index in [1.807, 2.05) is 30.3 Å². The molecular formula is C18H22N4O2. The minimum atomic E-state index is -0.187. The molecule has 6 heteroatoms. The Bertz CT molecular complexity index is 657. The van der Waals surface area contributed by atoms with Crippen molar-refractivity contribution in [2.24, 2.45) is 0 Å². The molecule has 0 saturated carbocycles. The molecule has 6 nitrogen and oxygen atoms in total. The molecule has 1 aromatic heterocycles. The molecular weight excluding hydrogens is 304 g/mol. The van der Waals surface area contributed by atoms with Crippen LogP contribution < -0.4 is 10.6 Å². The lowest BCUT2D eigenvalue weighted by Gasteiger charge is -2.11. The van der Waals surface area contributed by atoms with Crippen molar-refractivity contribution in [1.82, 2.24) is 15.3 Å². The number of nitrogens with one attached hydrogen (secondary N) is 2.